The number of para-hydroxylation sites is 1. The van der Waals surface area contributed by atoms with Crippen LogP contribution < -0.4 is 0 Å². The molecule has 0 aliphatic carbocycles. The van der Waals surface area contributed by atoms with Crippen LogP contribution in [0, 0.1) is 12.3 Å². The number of amides is 1. The molecule has 2 aliphatic heterocycles. The molecule has 0 unspecified atom stereocenters. The molecule has 0 fully saturated rings. The zero-order valence-electron chi connectivity index (χ0n) is 20.1. The largest absolute Gasteiger partial charge is 0.342 e. The molecular weight excluding hydrogens is 498 g/mol. The van der Waals surface area contributed by atoms with E-state index in [4.69, 9.17) is 5.41 Å². The molecule has 8 heteroatoms. The lowest BCUT2D eigenvalue weighted by molar-refractivity contribution is -0.114. The average Bonchev–Trinajstić information content (AvgIpc) is 3.48. The van der Waals surface area contributed by atoms with Crippen LogP contribution in [-0.2, 0) is 17.1 Å². The first-order valence-corrected chi connectivity index (χ1v) is 13.7. The quantitative estimate of drug-likeness (QED) is 0.304. The van der Waals surface area contributed by atoms with E-state index < -0.39 is 5.91 Å². The van der Waals surface area contributed by atoms with Crippen molar-refractivity contribution in [2.75, 3.05) is 0 Å². The van der Waals surface area contributed by atoms with Crippen LogP contribution in [-0.4, -0.2) is 30.9 Å². The maximum atomic E-state index is 13.0. The molecule has 0 spiro atoms. The number of hydrogen-bond acceptors (Lipinski definition) is 5. The first-order valence-electron chi connectivity index (χ1n) is 11.9. The molecule has 0 radical (unpaired) electrons. The Kier molecular flexibility index (Phi) is 6.28. The van der Waals surface area contributed by atoms with E-state index in [0.717, 1.165) is 26.6 Å². The number of benzene rings is 3. The topological polar surface area (TPSA) is 73.8 Å². The molecule has 37 heavy (non-hydrogen) atoms. The zero-order chi connectivity index (χ0) is 25.4. The summed E-state index contributed by atoms with van der Waals surface area (Å²) in [5.41, 5.74) is 5.81. The normalized spacial score (nSPS) is 16.4. The van der Waals surface area contributed by atoms with Crippen LogP contribution in [0.3, 0.4) is 0 Å². The van der Waals surface area contributed by atoms with Crippen LogP contribution in [0.2, 0.25) is 0 Å². The van der Waals surface area contributed by atoms with Crippen molar-refractivity contribution in [1.82, 2.24) is 9.58 Å². The maximum absolute atomic E-state index is 13.0. The van der Waals surface area contributed by atoms with Gasteiger partial charge in [-0.2, -0.15) is 10.0 Å². The highest BCUT2D eigenvalue weighted by atomic mass is 32.2. The Hall–Kier alpha value is -3.88. The molecule has 1 aromatic heterocycles. The summed E-state index contributed by atoms with van der Waals surface area (Å²) in [5.74, 6) is 0.398. The number of aryl methyl sites for hydroxylation is 1. The van der Waals surface area contributed by atoms with Crippen LogP contribution in [0.15, 0.2) is 101 Å². The van der Waals surface area contributed by atoms with Gasteiger partial charge in [-0.3, -0.25) is 10.2 Å². The van der Waals surface area contributed by atoms with Crippen LogP contribution in [0.5, 0.6) is 0 Å². The number of aromatic nitrogens is 1. The monoisotopic (exact) mass is 521 g/mol. The van der Waals surface area contributed by atoms with Crippen LogP contribution in [0.1, 0.15) is 22.3 Å². The number of nitrogens with zero attached hydrogens (tertiary/aromatic N) is 4. The van der Waals surface area contributed by atoms with Crippen molar-refractivity contribution < 1.29 is 4.79 Å². The van der Waals surface area contributed by atoms with Gasteiger partial charge in [-0.1, -0.05) is 90.1 Å². The third-order valence-corrected chi connectivity index (χ3v) is 8.35. The highest BCUT2D eigenvalue weighted by Gasteiger charge is 2.36. The molecule has 0 saturated heterocycles. The Labute approximate surface area is 223 Å². The molecule has 1 N–H and O–H groups in total. The summed E-state index contributed by atoms with van der Waals surface area (Å²) in [7, 11) is 0. The predicted molar refractivity (Wildman–Crippen MR) is 155 cm³/mol. The lowest BCUT2D eigenvalue weighted by Gasteiger charge is -2.20. The van der Waals surface area contributed by atoms with Gasteiger partial charge >= 0.3 is 0 Å². The van der Waals surface area contributed by atoms with E-state index in [1.54, 1.807) is 17.8 Å². The van der Waals surface area contributed by atoms with E-state index in [-0.39, 0.29) is 11.4 Å². The summed E-state index contributed by atoms with van der Waals surface area (Å²) in [6.45, 7) is 2.80. The number of thioether (sulfide) groups is 2. The lowest BCUT2D eigenvalue weighted by atomic mass is 10.1. The molecule has 3 heterocycles. The fourth-order valence-electron chi connectivity index (χ4n) is 4.32. The van der Waals surface area contributed by atoms with Crippen molar-refractivity contribution in [3.63, 3.8) is 0 Å². The SMILES string of the molecule is Cc1ccc(Cn2cc(C=C3C(=N)N4N=C(SCc5ccccc5)SC4=NC3=O)c3ccccc32)cc1. The Morgan fingerprint density at radius 2 is 1.73 bits per heavy atom. The van der Waals surface area contributed by atoms with Gasteiger partial charge in [0.2, 0.25) is 5.17 Å². The molecule has 0 bridgehead atoms. The van der Waals surface area contributed by atoms with Gasteiger partial charge < -0.3 is 4.57 Å². The van der Waals surface area contributed by atoms with Gasteiger partial charge in [-0.25, -0.2) is 0 Å². The summed E-state index contributed by atoms with van der Waals surface area (Å²) in [6.07, 6.45) is 3.81. The smallest absolute Gasteiger partial charge is 0.283 e. The van der Waals surface area contributed by atoms with E-state index in [0.29, 0.717) is 11.7 Å². The second-order valence-corrected chi connectivity index (χ2v) is 11.1. The van der Waals surface area contributed by atoms with Gasteiger partial charge in [-0.15, -0.1) is 5.10 Å². The van der Waals surface area contributed by atoms with Crippen molar-refractivity contribution in [2.45, 2.75) is 19.2 Å². The van der Waals surface area contributed by atoms with Crippen molar-refractivity contribution in [1.29, 1.82) is 5.41 Å². The summed E-state index contributed by atoms with van der Waals surface area (Å²) in [4.78, 5) is 17.3. The number of aliphatic imine (C=N–C) groups is 1. The minimum Gasteiger partial charge on any atom is -0.342 e. The van der Waals surface area contributed by atoms with Gasteiger partial charge in [0.15, 0.2) is 10.2 Å². The minimum absolute atomic E-state index is 0.0492. The van der Waals surface area contributed by atoms with E-state index in [9.17, 15) is 4.79 Å². The molecule has 182 valence electrons. The fourth-order valence-corrected chi connectivity index (χ4v) is 6.20. The van der Waals surface area contributed by atoms with Gasteiger partial charge in [0.25, 0.3) is 5.91 Å². The van der Waals surface area contributed by atoms with Gasteiger partial charge in [0.05, 0.1) is 5.57 Å². The van der Waals surface area contributed by atoms with E-state index in [2.05, 4.69) is 64.0 Å². The first-order chi connectivity index (χ1) is 18.0. The minimum atomic E-state index is -0.413. The molecule has 3 aromatic carbocycles. The fraction of sp³-hybridized carbons (Fsp3) is 0.103. The highest BCUT2D eigenvalue weighted by Crippen LogP contribution is 2.34. The Bertz CT molecular complexity index is 1620. The van der Waals surface area contributed by atoms with Crippen LogP contribution >= 0.6 is 23.5 Å². The van der Waals surface area contributed by atoms with Gasteiger partial charge in [0, 0.05) is 35.0 Å². The molecule has 2 aliphatic rings. The molecule has 1 amide bonds. The third-order valence-electron chi connectivity index (χ3n) is 6.23. The van der Waals surface area contributed by atoms with E-state index in [1.807, 2.05) is 42.6 Å². The summed E-state index contributed by atoms with van der Waals surface area (Å²) in [5, 5.41) is 16.3. The van der Waals surface area contributed by atoms with Crippen LogP contribution in [0.25, 0.3) is 17.0 Å². The number of hydrazone groups is 1. The first kappa shape index (κ1) is 23.5. The number of carbonyl (C=O) groups excluding carboxylic acids is 1. The standard InChI is InChI=1S/C29H23N5OS2/c1-19-11-13-20(14-12-19)16-33-17-22(23-9-5-6-10-25(23)33)15-24-26(30)34-28(31-27(24)35)37-29(32-34)36-18-21-7-3-2-4-8-21/h2-15,17,30H,16,18H2,1H3. The predicted octanol–water partition coefficient (Wildman–Crippen LogP) is 6.51. The Balaban J connectivity index is 1.28. The average molecular weight is 522 g/mol. The second kappa shape index (κ2) is 9.88. The van der Waals surface area contributed by atoms with Crippen molar-refractivity contribution in [3.8, 4) is 0 Å². The van der Waals surface area contributed by atoms with Crippen LogP contribution in [0.4, 0.5) is 0 Å². The zero-order valence-corrected chi connectivity index (χ0v) is 21.7. The second-order valence-electron chi connectivity index (χ2n) is 8.88. The molecule has 6 rings (SSSR count). The van der Waals surface area contributed by atoms with E-state index >= 15 is 0 Å². The van der Waals surface area contributed by atoms with Crippen molar-refractivity contribution in [3.05, 3.63) is 113 Å². The summed E-state index contributed by atoms with van der Waals surface area (Å²) in [6, 6.07) is 26.8. The molecule has 4 aromatic rings. The number of amidine groups is 2. The Morgan fingerprint density at radius 1 is 0.973 bits per heavy atom. The maximum Gasteiger partial charge on any atom is 0.283 e. The van der Waals surface area contributed by atoms with Gasteiger partial charge in [0.1, 0.15) is 0 Å². The summed E-state index contributed by atoms with van der Waals surface area (Å²) < 4.78 is 2.95. The molecule has 6 nitrogen and oxygen atoms in total. The highest BCUT2D eigenvalue weighted by molar-refractivity contribution is 8.45. The number of carbonyl (C=O) groups is 1. The Morgan fingerprint density at radius 3 is 2.54 bits per heavy atom. The lowest BCUT2D eigenvalue weighted by Crippen LogP contribution is -2.35. The molecule has 0 saturated carbocycles. The third kappa shape index (κ3) is 4.77. The molecule has 0 atom stereocenters. The number of nitrogens with one attached hydrogen (secondary N) is 1. The number of rotatable bonds is 5. The summed E-state index contributed by atoms with van der Waals surface area (Å²) >= 11 is 2.91. The number of fused-ring (bicyclic) bond motifs is 2. The van der Waals surface area contributed by atoms with Gasteiger partial charge in [-0.05, 0) is 42.0 Å². The number of hydrogen-bond donors (Lipinski definition) is 1. The van der Waals surface area contributed by atoms with Crippen molar-refractivity contribution >= 4 is 61.8 Å². The molecular formula is C29H23N5OS2. The van der Waals surface area contributed by atoms with Crippen molar-refractivity contribution in [2.24, 2.45) is 10.1 Å². The van der Waals surface area contributed by atoms with E-state index in [1.165, 1.54) is 33.5 Å².